The fourth-order valence-electron chi connectivity index (χ4n) is 1.44. The fraction of sp³-hybridized carbons (Fsp3) is 0.417. The Morgan fingerprint density at radius 3 is 2.75 bits per heavy atom. The first-order valence-electron chi connectivity index (χ1n) is 5.35. The van der Waals surface area contributed by atoms with Crippen molar-refractivity contribution in [1.29, 1.82) is 0 Å². The summed E-state index contributed by atoms with van der Waals surface area (Å²) in [4.78, 5) is 10.9. The standard InChI is InChI=1S/C12H17NO3/c1-9(14)5-4-8-13-11-7-3-2-6-10(11)12(15)16/h2-3,6-7,9,13-14H,4-5,8H2,1H3,(H,15,16). The number of rotatable bonds is 6. The van der Waals surface area contributed by atoms with Crippen molar-refractivity contribution >= 4 is 11.7 Å². The van der Waals surface area contributed by atoms with Crippen LogP contribution in [0.25, 0.3) is 0 Å². The molecule has 0 amide bonds. The molecule has 1 atom stereocenters. The zero-order valence-corrected chi connectivity index (χ0v) is 9.31. The summed E-state index contributed by atoms with van der Waals surface area (Å²) >= 11 is 0. The van der Waals surface area contributed by atoms with Gasteiger partial charge >= 0.3 is 5.97 Å². The van der Waals surface area contributed by atoms with E-state index < -0.39 is 5.97 Å². The quantitative estimate of drug-likeness (QED) is 0.645. The van der Waals surface area contributed by atoms with E-state index in [0.717, 1.165) is 6.42 Å². The van der Waals surface area contributed by atoms with Crippen molar-refractivity contribution in [3.05, 3.63) is 29.8 Å². The maximum atomic E-state index is 10.9. The summed E-state index contributed by atoms with van der Waals surface area (Å²) in [5, 5.41) is 21.1. The van der Waals surface area contributed by atoms with Gasteiger partial charge in [-0.2, -0.15) is 0 Å². The highest BCUT2D eigenvalue weighted by molar-refractivity contribution is 5.94. The monoisotopic (exact) mass is 223 g/mol. The molecule has 4 nitrogen and oxygen atoms in total. The third-order valence-corrected chi connectivity index (χ3v) is 2.27. The largest absolute Gasteiger partial charge is 0.478 e. The van der Waals surface area contributed by atoms with Crippen molar-refractivity contribution in [3.63, 3.8) is 0 Å². The van der Waals surface area contributed by atoms with Gasteiger partial charge in [0.15, 0.2) is 0 Å². The Hall–Kier alpha value is -1.55. The van der Waals surface area contributed by atoms with E-state index in [1.165, 1.54) is 0 Å². The van der Waals surface area contributed by atoms with E-state index in [9.17, 15) is 4.79 Å². The van der Waals surface area contributed by atoms with Crippen LogP contribution in [-0.2, 0) is 0 Å². The van der Waals surface area contributed by atoms with Crippen molar-refractivity contribution in [2.45, 2.75) is 25.9 Å². The van der Waals surface area contributed by atoms with Crippen LogP contribution in [0.3, 0.4) is 0 Å². The molecule has 1 unspecified atom stereocenters. The Morgan fingerprint density at radius 2 is 2.12 bits per heavy atom. The Morgan fingerprint density at radius 1 is 1.44 bits per heavy atom. The van der Waals surface area contributed by atoms with E-state index in [1.54, 1.807) is 31.2 Å². The summed E-state index contributed by atoms with van der Waals surface area (Å²) in [5.41, 5.74) is 0.903. The first-order chi connectivity index (χ1) is 7.61. The predicted molar refractivity (Wildman–Crippen MR) is 62.8 cm³/mol. The normalized spacial score (nSPS) is 12.1. The minimum Gasteiger partial charge on any atom is -0.478 e. The second-order valence-electron chi connectivity index (χ2n) is 3.77. The minimum absolute atomic E-state index is 0.277. The summed E-state index contributed by atoms with van der Waals surface area (Å²) in [5.74, 6) is -0.932. The summed E-state index contributed by atoms with van der Waals surface area (Å²) < 4.78 is 0. The maximum Gasteiger partial charge on any atom is 0.337 e. The fourth-order valence-corrected chi connectivity index (χ4v) is 1.44. The molecule has 0 bridgehead atoms. The molecule has 1 aromatic carbocycles. The van der Waals surface area contributed by atoms with Crippen molar-refractivity contribution in [2.24, 2.45) is 0 Å². The Bertz CT molecular complexity index is 350. The van der Waals surface area contributed by atoms with E-state index in [1.807, 2.05) is 0 Å². The number of carbonyl (C=O) groups is 1. The number of para-hydroxylation sites is 1. The van der Waals surface area contributed by atoms with E-state index >= 15 is 0 Å². The topological polar surface area (TPSA) is 69.6 Å². The average Bonchev–Trinajstić information content (AvgIpc) is 2.24. The van der Waals surface area contributed by atoms with Gasteiger partial charge in [0.25, 0.3) is 0 Å². The molecular weight excluding hydrogens is 206 g/mol. The summed E-state index contributed by atoms with van der Waals surface area (Å²) in [6, 6.07) is 6.80. The lowest BCUT2D eigenvalue weighted by atomic mass is 10.1. The lowest BCUT2D eigenvalue weighted by Gasteiger charge is -2.09. The number of nitrogens with one attached hydrogen (secondary N) is 1. The second kappa shape index (κ2) is 6.12. The Balaban J connectivity index is 2.50. The van der Waals surface area contributed by atoms with E-state index in [4.69, 9.17) is 10.2 Å². The average molecular weight is 223 g/mol. The van der Waals surface area contributed by atoms with Gasteiger partial charge in [0.1, 0.15) is 0 Å². The predicted octanol–water partition coefficient (Wildman–Crippen LogP) is 1.96. The molecule has 0 heterocycles. The molecule has 0 spiro atoms. The van der Waals surface area contributed by atoms with E-state index in [0.29, 0.717) is 18.7 Å². The van der Waals surface area contributed by atoms with Gasteiger partial charge in [0, 0.05) is 12.2 Å². The molecule has 0 saturated heterocycles. The molecular formula is C12H17NO3. The van der Waals surface area contributed by atoms with Gasteiger partial charge in [-0.3, -0.25) is 0 Å². The van der Waals surface area contributed by atoms with E-state index in [-0.39, 0.29) is 11.7 Å². The molecule has 0 saturated carbocycles. The van der Waals surface area contributed by atoms with Crippen molar-refractivity contribution in [3.8, 4) is 0 Å². The SMILES string of the molecule is CC(O)CCCNc1ccccc1C(=O)O. The highest BCUT2D eigenvalue weighted by Gasteiger charge is 2.07. The van der Waals surface area contributed by atoms with Gasteiger partial charge in [-0.25, -0.2) is 4.79 Å². The summed E-state index contributed by atoms with van der Waals surface area (Å²) in [6.07, 6.45) is 1.21. The zero-order valence-electron chi connectivity index (χ0n) is 9.31. The van der Waals surface area contributed by atoms with Gasteiger partial charge in [-0.05, 0) is 31.9 Å². The number of carboxylic acid groups (broad SMARTS) is 1. The van der Waals surface area contributed by atoms with E-state index in [2.05, 4.69) is 5.32 Å². The van der Waals surface area contributed by atoms with Crippen molar-refractivity contribution in [2.75, 3.05) is 11.9 Å². The highest BCUT2D eigenvalue weighted by atomic mass is 16.4. The maximum absolute atomic E-state index is 10.9. The third-order valence-electron chi connectivity index (χ3n) is 2.27. The van der Waals surface area contributed by atoms with Crippen LogP contribution < -0.4 is 5.32 Å². The van der Waals surface area contributed by atoms with Gasteiger partial charge in [-0.1, -0.05) is 12.1 Å². The molecule has 0 aliphatic carbocycles. The lowest BCUT2D eigenvalue weighted by molar-refractivity contribution is 0.0698. The summed E-state index contributed by atoms with van der Waals surface area (Å²) in [7, 11) is 0. The molecule has 1 rings (SSSR count). The van der Waals surface area contributed by atoms with Crippen LogP contribution in [0.4, 0.5) is 5.69 Å². The second-order valence-corrected chi connectivity index (χ2v) is 3.77. The third kappa shape index (κ3) is 3.90. The molecule has 0 fully saturated rings. The number of hydrogen-bond acceptors (Lipinski definition) is 3. The van der Waals surface area contributed by atoms with Gasteiger partial charge in [0.2, 0.25) is 0 Å². The van der Waals surface area contributed by atoms with Crippen molar-refractivity contribution < 1.29 is 15.0 Å². The summed E-state index contributed by atoms with van der Waals surface area (Å²) in [6.45, 7) is 2.40. The highest BCUT2D eigenvalue weighted by Crippen LogP contribution is 2.14. The number of hydrogen-bond donors (Lipinski definition) is 3. The van der Waals surface area contributed by atoms with Crippen LogP contribution in [0.5, 0.6) is 0 Å². The molecule has 88 valence electrons. The lowest BCUT2D eigenvalue weighted by Crippen LogP contribution is -2.09. The van der Waals surface area contributed by atoms with Crippen LogP contribution in [0.2, 0.25) is 0 Å². The number of anilines is 1. The first-order valence-corrected chi connectivity index (χ1v) is 5.35. The molecule has 0 radical (unpaired) electrons. The van der Waals surface area contributed by atoms with Gasteiger partial charge < -0.3 is 15.5 Å². The number of aromatic carboxylic acids is 1. The Kier molecular flexibility index (Phi) is 4.79. The number of aliphatic hydroxyl groups is 1. The smallest absolute Gasteiger partial charge is 0.337 e. The number of aliphatic hydroxyl groups excluding tert-OH is 1. The van der Waals surface area contributed by atoms with Crippen LogP contribution in [0, 0.1) is 0 Å². The van der Waals surface area contributed by atoms with Crippen LogP contribution in [-0.4, -0.2) is 28.8 Å². The molecule has 0 aliphatic rings. The molecule has 16 heavy (non-hydrogen) atoms. The van der Waals surface area contributed by atoms with Crippen LogP contribution in [0.1, 0.15) is 30.1 Å². The Labute approximate surface area is 94.9 Å². The first kappa shape index (κ1) is 12.5. The molecule has 1 aromatic rings. The molecule has 3 N–H and O–H groups in total. The molecule has 4 heteroatoms. The van der Waals surface area contributed by atoms with Crippen LogP contribution in [0.15, 0.2) is 24.3 Å². The molecule has 0 aliphatic heterocycles. The van der Waals surface area contributed by atoms with Gasteiger partial charge in [0.05, 0.1) is 11.7 Å². The number of benzene rings is 1. The minimum atomic E-state index is -0.932. The molecule has 0 aromatic heterocycles. The van der Waals surface area contributed by atoms with Crippen LogP contribution >= 0.6 is 0 Å². The van der Waals surface area contributed by atoms with Gasteiger partial charge in [-0.15, -0.1) is 0 Å². The number of carboxylic acids is 1. The zero-order chi connectivity index (χ0) is 12.0. The van der Waals surface area contributed by atoms with Crippen molar-refractivity contribution in [1.82, 2.24) is 0 Å².